The molecule has 2 aromatic heterocycles. The van der Waals surface area contributed by atoms with Crippen LogP contribution >= 0.6 is 11.3 Å². The zero-order valence-corrected chi connectivity index (χ0v) is 13.2. The number of hydrogen-bond donors (Lipinski definition) is 0. The average Bonchev–Trinajstić information content (AvgIpc) is 3.11. The van der Waals surface area contributed by atoms with Crippen LogP contribution in [0.5, 0.6) is 0 Å². The molecule has 4 rings (SSSR count). The fraction of sp³-hybridized carbons (Fsp3) is 0.176. The first-order valence-electron chi connectivity index (χ1n) is 7.39. The first-order chi connectivity index (χ1) is 11.3. The quantitative estimate of drug-likeness (QED) is 0.728. The van der Waals surface area contributed by atoms with Crippen LogP contribution in [0.15, 0.2) is 48.2 Å². The third-order valence-electron chi connectivity index (χ3n) is 3.92. The molecule has 0 N–H and O–H groups in total. The number of carbonyl (C=O) groups is 1. The molecule has 23 heavy (non-hydrogen) atoms. The minimum Gasteiger partial charge on any atom is -0.333 e. The number of benzene rings is 1. The highest BCUT2D eigenvalue weighted by Crippen LogP contribution is 2.24. The van der Waals surface area contributed by atoms with Gasteiger partial charge in [0.05, 0.1) is 6.20 Å². The van der Waals surface area contributed by atoms with Gasteiger partial charge in [0.25, 0.3) is 5.91 Å². The zero-order valence-electron chi connectivity index (χ0n) is 12.3. The van der Waals surface area contributed by atoms with Crippen molar-refractivity contribution < 1.29 is 4.79 Å². The van der Waals surface area contributed by atoms with E-state index in [-0.39, 0.29) is 5.91 Å². The number of aromatic nitrogens is 3. The molecular weight excluding hydrogens is 308 g/mol. The summed E-state index contributed by atoms with van der Waals surface area (Å²) in [6, 6.07) is 8.28. The Morgan fingerprint density at radius 3 is 2.87 bits per heavy atom. The third kappa shape index (κ3) is 2.73. The Bertz CT molecular complexity index is 847. The van der Waals surface area contributed by atoms with E-state index in [1.54, 1.807) is 24.0 Å². The van der Waals surface area contributed by atoms with E-state index >= 15 is 0 Å². The second-order valence-corrected chi connectivity index (χ2v) is 6.23. The topological polar surface area (TPSA) is 59.0 Å². The van der Waals surface area contributed by atoms with Gasteiger partial charge in [-0.1, -0.05) is 24.3 Å². The standard InChI is InChI=1S/C17H14N4OS/c22-17(21-8-5-12-3-1-2-4-13(12)10-21)15-11-23-16(20-15)14-9-18-6-7-19-14/h1-4,6-7,9,11H,5,8,10H2. The van der Waals surface area contributed by atoms with E-state index in [1.807, 2.05) is 17.0 Å². The molecule has 0 spiro atoms. The molecule has 1 amide bonds. The van der Waals surface area contributed by atoms with Crippen molar-refractivity contribution in [3.8, 4) is 10.7 Å². The Balaban J connectivity index is 1.55. The fourth-order valence-corrected chi connectivity index (χ4v) is 3.48. The summed E-state index contributed by atoms with van der Waals surface area (Å²) < 4.78 is 0. The SMILES string of the molecule is O=C(c1csc(-c2cnccn2)n1)N1CCc2ccccc2C1. The van der Waals surface area contributed by atoms with Crippen molar-refractivity contribution in [3.05, 3.63) is 65.1 Å². The van der Waals surface area contributed by atoms with Crippen LogP contribution in [-0.4, -0.2) is 32.3 Å². The zero-order chi connectivity index (χ0) is 15.6. The Kier molecular flexibility index (Phi) is 3.59. The molecular formula is C17H14N4OS. The normalized spacial score (nSPS) is 13.7. The van der Waals surface area contributed by atoms with Crippen molar-refractivity contribution in [1.82, 2.24) is 19.9 Å². The van der Waals surface area contributed by atoms with Crippen molar-refractivity contribution in [2.75, 3.05) is 6.54 Å². The first kappa shape index (κ1) is 14.0. The monoisotopic (exact) mass is 322 g/mol. The summed E-state index contributed by atoms with van der Waals surface area (Å²) in [5.74, 6) is -0.0223. The van der Waals surface area contributed by atoms with Gasteiger partial charge in [0.2, 0.25) is 0 Å². The Morgan fingerprint density at radius 1 is 1.17 bits per heavy atom. The summed E-state index contributed by atoms with van der Waals surface area (Å²) in [6.45, 7) is 1.38. The van der Waals surface area contributed by atoms with Crippen LogP contribution in [-0.2, 0) is 13.0 Å². The molecule has 114 valence electrons. The summed E-state index contributed by atoms with van der Waals surface area (Å²) in [6.07, 6.45) is 5.79. The van der Waals surface area contributed by atoms with E-state index in [4.69, 9.17) is 0 Å². The van der Waals surface area contributed by atoms with Gasteiger partial charge < -0.3 is 4.90 Å². The van der Waals surface area contributed by atoms with Gasteiger partial charge in [-0.25, -0.2) is 4.98 Å². The maximum absolute atomic E-state index is 12.7. The number of rotatable bonds is 2. The van der Waals surface area contributed by atoms with Gasteiger partial charge >= 0.3 is 0 Å². The average molecular weight is 322 g/mol. The van der Waals surface area contributed by atoms with Crippen molar-refractivity contribution in [3.63, 3.8) is 0 Å². The van der Waals surface area contributed by atoms with Crippen LogP contribution in [0, 0.1) is 0 Å². The Labute approximate surface area is 137 Å². The molecule has 0 atom stereocenters. The summed E-state index contributed by atoms with van der Waals surface area (Å²) in [5, 5.41) is 2.52. The van der Waals surface area contributed by atoms with Crippen molar-refractivity contribution in [2.45, 2.75) is 13.0 Å². The van der Waals surface area contributed by atoms with E-state index in [2.05, 4.69) is 27.1 Å². The molecule has 0 fully saturated rings. The maximum atomic E-state index is 12.7. The highest BCUT2D eigenvalue weighted by atomic mass is 32.1. The van der Waals surface area contributed by atoms with Gasteiger partial charge in [0.15, 0.2) is 0 Å². The number of thiazole rings is 1. The lowest BCUT2D eigenvalue weighted by molar-refractivity contribution is 0.0729. The first-order valence-corrected chi connectivity index (χ1v) is 8.27. The summed E-state index contributed by atoms with van der Waals surface area (Å²) in [7, 11) is 0. The van der Waals surface area contributed by atoms with E-state index < -0.39 is 0 Å². The van der Waals surface area contributed by atoms with Crippen LogP contribution in [0.3, 0.4) is 0 Å². The molecule has 0 unspecified atom stereocenters. The molecule has 0 saturated carbocycles. The molecule has 1 aromatic carbocycles. The second kappa shape index (κ2) is 5.89. The van der Waals surface area contributed by atoms with E-state index in [1.165, 1.54) is 22.5 Å². The van der Waals surface area contributed by atoms with Crippen LogP contribution in [0.2, 0.25) is 0 Å². The van der Waals surface area contributed by atoms with Gasteiger partial charge in [0, 0.05) is 30.9 Å². The summed E-state index contributed by atoms with van der Waals surface area (Å²) >= 11 is 1.42. The molecule has 3 heterocycles. The number of hydrogen-bond acceptors (Lipinski definition) is 5. The summed E-state index contributed by atoms with van der Waals surface area (Å²) in [5.41, 5.74) is 3.72. The highest BCUT2D eigenvalue weighted by molar-refractivity contribution is 7.13. The highest BCUT2D eigenvalue weighted by Gasteiger charge is 2.23. The van der Waals surface area contributed by atoms with Crippen LogP contribution in [0.1, 0.15) is 21.6 Å². The molecule has 0 aliphatic carbocycles. The molecule has 0 saturated heterocycles. The van der Waals surface area contributed by atoms with Crippen LogP contribution in [0.25, 0.3) is 10.7 Å². The van der Waals surface area contributed by atoms with Gasteiger partial charge in [-0.15, -0.1) is 11.3 Å². The molecule has 1 aliphatic rings. The molecule has 0 radical (unpaired) electrons. The largest absolute Gasteiger partial charge is 0.333 e. The Hall–Kier alpha value is -2.60. The van der Waals surface area contributed by atoms with Crippen molar-refractivity contribution >= 4 is 17.2 Å². The van der Waals surface area contributed by atoms with Crippen LogP contribution in [0.4, 0.5) is 0 Å². The number of carbonyl (C=O) groups excluding carboxylic acids is 1. The number of fused-ring (bicyclic) bond motifs is 1. The summed E-state index contributed by atoms with van der Waals surface area (Å²) in [4.78, 5) is 27.2. The Morgan fingerprint density at radius 2 is 2.04 bits per heavy atom. The van der Waals surface area contributed by atoms with Gasteiger partial charge in [-0.05, 0) is 17.5 Å². The van der Waals surface area contributed by atoms with Gasteiger partial charge in [-0.3, -0.25) is 14.8 Å². The molecule has 6 heteroatoms. The van der Waals surface area contributed by atoms with Crippen LogP contribution < -0.4 is 0 Å². The third-order valence-corrected chi connectivity index (χ3v) is 4.79. The lowest BCUT2D eigenvalue weighted by atomic mass is 10.00. The molecule has 1 aliphatic heterocycles. The lowest BCUT2D eigenvalue weighted by Crippen LogP contribution is -2.36. The number of nitrogens with zero attached hydrogens (tertiary/aromatic N) is 4. The van der Waals surface area contributed by atoms with E-state index in [9.17, 15) is 4.79 Å². The second-order valence-electron chi connectivity index (χ2n) is 5.37. The van der Waals surface area contributed by atoms with Crippen molar-refractivity contribution in [1.29, 1.82) is 0 Å². The molecule has 5 nitrogen and oxygen atoms in total. The van der Waals surface area contributed by atoms with Gasteiger partial charge in [-0.2, -0.15) is 0 Å². The minimum absolute atomic E-state index is 0.0223. The van der Waals surface area contributed by atoms with Crippen molar-refractivity contribution in [2.24, 2.45) is 0 Å². The van der Waals surface area contributed by atoms with Gasteiger partial charge in [0.1, 0.15) is 16.4 Å². The number of amides is 1. The lowest BCUT2D eigenvalue weighted by Gasteiger charge is -2.28. The smallest absolute Gasteiger partial charge is 0.273 e. The maximum Gasteiger partial charge on any atom is 0.273 e. The minimum atomic E-state index is -0.0223. The fourth-order valence-electron chi connectivity index (χ4n) is 2.73. The van der Waals surface area contributed by atoms with E-state index in [0.717, 1.165) is 18.0 Å². The predicted molar refractivity (Wildman–Crippen MR) is 88.0 cm³/mol. The molecule has 0 bridgehead atoms. The predicted octanol–water partition coefficient (Wildman–Crippen LogP) is 2.80. The molecule has 3 aromatic rings. The van der Waals surface area contributed by atoms with E-state index in [0.29, 0.717) is 17.9 Å².